The van der Waals surface area contributed by atoms with Gasteiger partial charge in [-0.3, -0.25) is 0 Å². The van der Waals surface area contributed by atoms with Crippen molar-refractivity contribution in [2.75, 3.05) is 18.0 Å². The molecule has 0 saturated carbocycles. The maximum Gasteiger partial charge on any atom is 0.261 e. The molecular formula is C28H33BrClFN2O2Si. The Kier molecular flexibility index (Phi) is 8.27. The highest BCUT2D eigenvalue weighted by atomic mass is 79.9. The summed E-state index contributed by atoms with van der Waals surface area (Å²) in [5.74, 6) is -0.562. The van der Waals surface area contributed by atoms with E-state index in [-0.39, 0.29) is 33.5 Å². The molecule has 2 atom stereocenters. The highest BCUT2D eigenvalue weighted by Crippen LogP contribution is 2.40. The molecule has 1 saturated heterocycles. The molecule has 4 nitrogen and oxygen atoms in total. The summed E-state index contributed by atoms with van der Waals surface area (Å²) >= 11 is 9.91. The van der Waals surface area contributed by atoms with Gasteiger partial charge in [-0.2, -0.15) is 0 Å². The molecule has 1 aliphatic rings. The van der Waals surface area contributed by atoms with E-state index in [9.17, 15) is 4.39 Å². The van der Waals surface area contributed by atoms with Crippen LogP contribution < -0.4 is 15.3 Å². The zero-order chi connectivity index (χ0) is 26.1. The lowest BCUT2D eigenvalue weighted by molar-refractivity contribution is -0.00535. The van der Waals surface area contributed by atoms with Gasteiger partial charge in [-0.25, -0.2) is 9.37 Å². The number of morpholine rings is 1. The summed E-state index contributed by atoms with van der Waals surface area (Å²) in [5, 5.41) is 2.20. The highest BCUT2D eigenvalue weighted by molar-refractivity contribution is 9.10. The lowest BCUT2D eigenvalue weighted by atomic mass is 10.2. The second kappa shape index (κ2) is 10.9. The first-order chi connectivity index (χ1) is 17.0. The molecule has 36 heavy (non-hydrogen) atoms. The van der Waals surface area contributed by atoms with Crippen molar-refractivity contribution in [3.8, 4) is 0 Å². The number of ether oxygens (including phenoxy) is 1. The molecule has 3 aromatic rings. The van der Waals surface area contributed by atoms with Gasteiger partial charge in [0.25, 0.3) is 8.32 Å². The Morgan fingerprint density at radius 2 is 1.53 bits per heavy atom. The van der Waals surface area contributed by atoms with Gasteiger partial charge in [0.1, 0.15) is 9.63 Å². The third kappa shape index (κ3) is 5.27. The van der Waals surface area contributed by atoms with E-state index in [0.29, 0.717) is 24.5 Å². The zero-order valence-corrected chi connectivity index (χ0v) is 24.7. The fourth-order valence-corrected chi connectivity index (χ4v) is 10.6. The molecule has 4 rings (SSSR count). The van der Waals surface area contributed by atoms with Crippen LogP contribution in [0.3, 0.4) is 0 Å². The van der Waals surface area contributed by atoms with Gasteiger partial charge >= 0.3 is 0 Å². The molecule has 2 heterocycles. The molecule has 192 valence electrons. The molecule has 0 amide bonds. The van der Waals surface area contributed by atoms with E-state index >= 15 is 0 Å². The van der Waals surface area contributed by atoms with Crippen molar-refractivity contribution in [3.63, 3.8) is 0 Å². The molecule has 0 radical (unpaired) electrons. The van der Waals surface area contributed by atoms with E-state index in [2.05, 4.69) is 95.1 Å². The SMILES string of the molecule is C[C@@H]1CN(c2c(CO[Si](c3ccccc3)(c3ccccc3)C(C)(C)C)nc(Br)c(F)c2Cl)C[C@@H](C)O1. The Morgan fingerprint density at radius 3 is 2.00 bits per heavy atom. The van der Waals surface area contributed by atoms with E-state index in [4.69, 9.17) is 20.8 Å². The number of hydrogen-bond donors (Lipinski definition) is 0. The second-order valence-electron chi connectivity index (χ2n) is 10.4. The number of pyridine rings is 1. The number of anilines is 1. The summed E-state index contributed by atoms with van der Waals surface area (Å²) in [6.07, 6.45) is -0.0241. The fourth-order valence-electron chi connectivity index (χ4n) is 5.26. The summed E-state index contributed by atoms with van der Waals surface area (Å²) in [6.45, 7) is 12.1. The van der Waals surface area contributed by atoms with E-state index in [1.54, 1.807) is 0 Å². The summed E-state index contributed by atoms with van der Waals surface area (Å²) in [6, 6.07) is 20.9. The summed E-state index contributed by atoms with van der Waals surface area (Å²) in [4.78, 5) is 6.68. The van der Waals surface area contributed by atoms with Gasteiger partial charge in [-0.1, -0.05) is 93.0 Å². The monoisotopic (exact) mass is 590 g/mol. The average molecular weight is 592 g/mol. The Labute approximate surface area is 228 Å². The van der Waals surface area contributed by atoms with Crippen LogP contribution in [-0.2, 0) is 15.8 Å². The third-order valence-corrected chi connectivity index (χ3v) is 12.5. The van der Waals surface area contributed by atoms with Crippen molar-refractivity contribution < 1.29 is 13.6 Å². The molecule has 0 N–H and O–H groups in total. The van der Waals surface area contributed by atoms with Crippen molar-refractivity contribution in [2.45, 2.75) is 58.5 Å². The van der Waals surface area contributed by atoms with E-state index in [1.165, 1.54) is 10.4 Å². The first kappa shape index (κ1) is 27.3. The standard InChI is InChI=1S/C28H33BrClFN2O2Si/c1-19-16-33(17-20(2)35-19)26-23(32-27(29)25(31)24(26)30)18-34-36(28(3,4)5,21-12-8-6-9-13-21)22-14-10-7-11-15-22/h6-15,19-20H,16-18H2,1-5H3/t19-,20-/m1/s1. The van der Waals surface area contributed by atoms with Gasteiger partial charge in [-0.15, -0.1) is 0 Å². The largest absolute Gasteiger partial charge is 0.401 e. The first-order valence-corrected chi connectivity index (χ1v) is 15.3. The van der Waals surface area contributed by atoms with Crippen LogP contribution >= 0.6 is 27.5 Å². The zero-order valence-electron chi connectivity index (χ0n) is 21.4. The molecule has 2 aromatic carbocycles. The van der Waals surface area contributed by atoms with Crippen molar-refractivity contribution in [3.05, 3.63) is 81.8 Å². The maximum absolute atomic E-state index is 15.0. The quantitative estimate of drug-likeness (QED) is 0.248. The first-order valence-electron chi connectivity index (χ1n) is 12.2. The summed E-state index contributed by atoms with van der Waals surface area (Å²) in [7, 11) is -2.82. The molecular weight excluding hydrogens is 559 g/mol. The third-order valence-electron chi connectivity index (χ3n) is 6.67. The Balaban J connectivity index is 1.84. The number of nitrogens with zero attached hydrogens (tertiary/aromatic N) is 2. The van der Waals surface area contributed by atoms with Crippen LogP contribution in [-0.4, -0.2) is 38.6 Å². The van der Waals surface area contributed by atoms with Gasteiger partial charge in [0.15, 0.2) is 5.82 Å². The van der Waals surface area contributed by atoms with Crippen LogP contribution in [0.4, 0.5) is 10.1 Å². The maximum atomic E-state index is 15.0. The molecule has 8 heteroatoms. The molecule has 0 spiro atoms. The Bertz CT molecular complexity index is 1140. The minimum Gasteiger partial charge on any atom is -0.401 e. The molecule has 1 aromatic heterocycles. The van der Waals surface area contributed by atoms with Crippen molar-refractivity contribution >= 4 is 51.9 Å². The normalized spacial score (nSPS) is 18.9. The van der Waals surface area contributed by atoms with Crippen LogP contribution in [0.15, 0.2) is 65.3 Å². The van der Waals surface area contributed by atoms with Gasteiger partial charge in [0.05, 0.1) is 30.2 Å². The minimum absolute atomic E-state index is 0.0121. The smallest absolute Gasteiger partial charge is 0.261 e. The van der Waals surface area contributed by atoms with E-state index < -0.39 is 14.1 Å². The number of benzene rings is 2. The van der Waals surface area contributed by atoms with Crippen LogP contribution in [0.5, 0.6) is 0 Å². The van der Waals surface area contributed by atoms with Gasteiger partial charge in [0.2, 0.25) is 0 Å². The Hall–Kier alpha value is -1.77. The molecule has 1 aliphatic heterocycles. The van der Waals surface area contributed by atoms with Gasteiger partial charge in [-0.05, 0) is 45.2 Å². The van der Waals surface area contributed by atoms with Crippen molar-refractivity contribution in [1.29, 1.82) is 0 Å². The number of aromatic nitrogens is 1. The van der Waals surface area contributed by atoms with Crippen molar-refractivity contribution in [2.24, 2.45) is 0 Å². The van der Waals surface area contributed by atoms with Crippen LogP contribution in [0.1, 0.15) is 40.3 Å². The number of rotatable bonds is 6. The highest BCUT2D eigenvalue weighted by Gasteiger charge is 2.50. The van der Waals surface area contributed by atoms with Crippen LogP contribution in [0.2, 0.25) is 10.1 Å². The fraction of sp³-hybridized carbons (Fsp3) is 0.393. The lowest BCUT2D eigenvalue weighted by Crippen LogP contribution is -2.66. The average Bonchev–Trinajstić information content (AvgIpc) is 2.83. The summed E-state index contributed by atoms with van der Waals surface area (Å²) < 4.78 is 28.1. The predicted octanol–water partition coefficient (Wildman–Crippen LogP) is 6.33. The molecule has 1 fully saturated rings. The predicted molar refractivity (Wildman–Crippen MR) is 152 cm³/mol. The molecule has 0 bridgehead atoms. The topological polar surface area (TPSA) is 34.6 Å². The second-order valence-corrected chi connectivity index (χ2v) is 15.9. The van der Waals surface area contributed by atoms with E-state index in [1.807, 2.05) is 26.0 Å². The van der Waals surface area contributed by atoms with Crippen molar-refractivity contribution in [1.82, 2.24) is 4.98 Å². The van der Waals surface area contributed by atoms with Gasteiger partial charge in [0, 0.05) is 13.1 Å². The lowest BCUT2D eigenvalue weighted by Gasteiger charge is -2.43. The minimum atomic E-state index is -2.82. The van der Waals surface area contributed by atoms with Gasteiger partial charge < -0.3 is 14.1 Å². The van der Waals surface area contributed by atoms with E-state index in [0.717, 1.165) is 0 Å². The molecule has 0 aliphatic carbocycles. The molecule has 0 unspecified atom stereocenters. The Morgan fingerprint density at radius 1 is 1.03 bits per heavy atom. The van der Waals surface area contributed by atoms with Crippen LogP contribution in [0.25, 0.3) is 0 Å². The summed E-state index contributed by atoms with van der Waals surface area (Å²) in [5.41, 5.74) is 1.19. The number of halogens is 3. The van der Waals surface area contributed by atoms with Crippen LogP contribution in [0, 0.1) is 5.82 Å². The number of hydrogen-bond acceptors (Lipinski definition) is 4.